The largest absolute Gasteiger partial charge is 0.472 e. The fraction of sp³-hybridized carbons (Fsp3) is 0.368. The molecular formula is C19H17FN4O. The molecule has 3 aliphatic rings. The van der Waals surface area contributed by atoms with Crippen LogP contribution in [0.4, 0.5) is 4.39 Å². The number of aliphatic imine (C=N–C) groups is 1. The van der Waals surface area contributed by atoms with Crippen molar-refractivity contribution >= 4 is 5.84 Å². The molecular weight excluding hydrogens is 319 g/mol. The number of nitriles is 1. The Morgan fingerprint density at radius 1 is 1.32 bits per heavy atom. The fourth-order valence-electron chi connectivity index (χ4n) is 2.52. The van der Waals surface area contributed by atoms with Crippen molar-refractivity contribution in [1.82, 2.24) is 10.2 Å². The van der Waals surface area contributed by atoms with Crippen LogP contribution in [-0.4, -0.2) is 43.5 Å². The van der Waals surface area contributed by atoms with Gasteiger partial charge in [0.2, 0.25) is 5.88 Å². The highest BCUT2D eigenvalue weighted by Crippen LogP contribution is 2.18. The molecule has 0 atom stereocenters. The Labute approximate surface area is 146 Å². The van der Waals surface area contributed by atoms with E-state index in [9.17, 15) is 4.39 Å². The molecule has 0 aromatic rings. The molecule has 5 nitrogen and oxygen atoms in total. The predicted octanol–water partition coefficient (Wildman–Crippen LogP) is 1.94. The molecule has 0 bridgehead atoms. The van der Waals surface area contributed by atoms with Crippen molar-refractivity contribution in [2.75, 3.05) is 32.8 Å². The van der Waals surface area contributed by atoms with E-state index in [1.807, 2.05) is 6.07 Å². The van der Waals surface area contributed by atoms with Crippen molar-refractivity contribution < 1.29 is 9.13 Å². The van der Waals surface area contributed by atoms with E-state index < -0.39 is 5.83 Å². The second-order valence-electron chi connectivity index (χ2n) is 5.58. The van der Waals surface area contributed by atoms with Gasteiger partial charge in [-0.1, -0.05) is 23.3 Å². The van der Waals surface area contributed by atoms with Gasteiger partial charge in [0.15, 0.2) is 0 Å². The first kappa shape index (κ1) is 16.8. The van der Waals surface area contributed by atoms with E-state index in [2.05, 4.69) is 38.5 Å². The van der Waals surface area contributed by atoms with Crippen LogP contribution in [0.25, 0.3) is 0 Å². The molecule has 1 N–H and O–H groups in total. The van der Waals surface area contributed by atoms with Crippen LogP contribution in [0.5, 0.6) is 0 Å². The van der Waals surface area contributed by atoms with Crippen LogP contribution in [0.1, 0.15) is 12.8 Å². The summed E-state index contributed by atoms with van der Waals surface area (Å²) in [6.07, 6.45) is 4.04. The smallest absolute Gasteiger partial charge is 0.212 e. The van der Waals surface area contributed by atoms with Gasteiger partial charge in [0.05, 0.1) is 12.0 Å². The second kappa shape index (κ2) is 8.20. The Balaban J connectivity index is 1.74. The van der Waals surface area contributed by atoms with Crippen molar-refractivity contribution in [2.24, 2.45) is 4.99 Å². The van der Waals surface area contributed by atoms with Gasteiger partial charge in [-0.05, 0) is 6.08 Å². The van der Waals surface area contributed by atoms with Gasteiger partial charge in [-0.25, -0.2) is 4.39 Å². The highest BCUT2D eigenvalue weighted by molar-refractivity contribution is 5.85. The lowest BCUT2D eigenvalue weighted by molar-refractivity contribution is 0.233. The molecule has 126 valence electrons. The van der Waals surface area contributed by atoms with E-state index in [0.29, 0.717) is 18.7 Å². The average Bonchev–Trinajstić information content (AvgIpc) is 2.62. The van der Waals surface area contributed by atoms with Gasteiger partial charge in [0.1, 0.15) is 29.9 Å². The van der Waals surface area contributed by atoms with Gasteiger partial charge in [-0.15, -0.1) is 0 Å². The highest BCUT2D eigenvalue weighted by Gasteiger charge is 2.16. The van der Waals surface area contributed by atoms with E-state index in [1.54, 1.807) is 6.08 Å². The Bertz CT molecular complexity index is 844. The lowest BCUT2D eigenvalue weighted by Gasteiger charge is -2.30. The van der Waals surface area contributed by atoms with Crippen LogP contribution in [0.2, 0.25) is 0 Å². The third-order valence-electron chi connectivity index (χ3n) is 3.86. The number of allylic oxidation sites excluding steroid dienone is 3. The monoisotopic (exact) mass is 336 g/mol. The first-order valence-electron chi connectivity index (χ1n) is 8.10. The standard InChI is InChI=1S/C19H17FN4O/c20-17-12-15(13-21)6-7-16(17)14-25-19-5-3-1-2-4-18(23-19)24-10-8-22-9-11-24/h5,12,22H,3-4,8-11,14H2. The van der Waals surface area contributed by atoms with E-state index >= 15 is 0 Å². The molecule has 1 fully saturated rings. The molecule has 2 heterocycles. The van der Waals surface area contributed by atoms with Crippen LogP contribution in [-0.2, 0) is 4.74 Å². The summed E-state index contributed by atoms with van der Waals surface area (Å²) in [5, 5.41) is 12.1. The third-order valence-corrected chi connectivity index (χ3v) is 3.86. The maximum absolute atomic E-state index is 13.9. The molecule has 25 heavy (non-hydrogen) atoms. The topological polar surface area (TPSA) is 60.6 Å². The van der Waals surface area contributed by atoms with Crippen molar-refractivity contribution in [1.29, 1.82) is 5.26 Å². The normalized spacial score (nSPS) is 19.7. The van der Waals surface area contributed by atoms with Crippen molar-refractivity contribution in [3.63, 3.8) is 0 Å². The van der Waals surface area contributed by atoms with Crippen LogP contribution >= 0.6 is 0 Å². The summed E-state index contributed by atoms with van der Waals surface area (Å²) in [6.45, 7) is 3.55. The number of hydrogen-bond donors (Lipinski definition) is 1. The number of hydrogen-bond acceptors (Lipinski definition) is 5. The zero-order valence-corrected chi connectivity index (χ0v) is 13.7. The van der Waals surface area contributed by atoms with Gasteiger partial charge >= 0.3 is 0 Å². The number of rotatable bonds is 3. The van der Waals surface area contributed by atoms with Gasteiger partial charge < -0.3 is 15.0 Å². The first-order valence-corrected chi connectivity index (χ1v) is 8.10. The van der Waals surface area contributed by atoms with Crippen molar-refractivity contribution in [3.05, 3.63) is 46.5 Å². The zero-order chi connectivity index (χ0) is 17.5. The van der Waals surface area contributed by atoms with Gasteiger partial charge in [0.25, 0.3) is 0 Å². The maximum Gasteiger partial charge on any atom is 0.212 e. The molecule has 0 spiro atoms. The SMILES string of the molecule is N#CC1=C=C=C(COC2=CCC#CCC(N3CCNCC3)=N2)C(F)=C1. The molecule has 0 aromatic heterocycles. The number of amidine groups is 1. The average molecular weight is 336 g/mol. The van der Waals surface area contributed by atoms with Crippen molar-refractivity contribution in [2.45, 2.75) is 12.8 Å². The van der Waals surface area contributed by atoms with Gasteiger partial charge in [0, 0.05) is 38.7 Å². The molecule has 1 aliphatic carbocycles. The lowest BCUT2D eigenvalue weighted by Crippen LogP contribution is -2.46. The minimum absolute atomic E-state index is 0.0222. The molecule has 1 saturated heterocycles. The highest BCUT2D eigenvalue weighted by atomic mass is 19.1. The van der Waals surface area contributed by atoms with E-state index in [1.165, 1.54) is 0 Å². The molecule has 0 amide bonds. The van der Waals surface area contributed by atoms with Crippen LogP contribution in [0, 0.1) is 23.2 Å². The van der Waals surface area contributed by atoms with Crippen LogP contribution in [0.15, 0.2) is 51.5 Å². The number of ether oxygens (including phenoxy) is 1. The maximum atomic E-state index is 13.9. The minimum atomic E-state index is -0.534. The third kappa shape index (κ3) is 4.51. The van der Waals surface area contributed by atoms with E-state index in [0.717, 1.165) is 38.1 Å². The van der Waals surface area contributed by atoms with E-state index in [-0.39, 0.29) is 17.8 Å². The molecule has 2 aliphatic heterocycles. The molecule has 0 saturated carbocycles. The Hall–Kier alpha value is -3.01. The van der Waals surface area contributed by atoms with Crippen molar-refractivity contribution in [3.8, 4) is 17.9 Å². The molecule has 3 rings (SSSR count). The molecule has 0 unspecified atom stereocenters. The summed E-state index contributed by atoms with van der Waals surface area (Å²) in [5.74, 6) is 6.93. The Morgan fingerprint density at radius 2 is 2.16 bits per heavy atom. The quantitative estimate of drug-likeness (QED) is 0.632. The summed E-state index contributed by atoms with van der Waals surface area (Å²) >= 11 is 0. The minimum Gasteiger partial charge on any atom is -0.472 e. The summed E-state index contributed by atoms with van der Waals surface area (Å²) in [7, 11) is 0. The number of halogens is 1. The summed E-state index contributed by atoms with van der Waals surface area (Å²) in [5.41, 5.74) is 5.55. The van der Waals surface area contributed by atoms with Gasteiger partial charge in [-0.3, -0.25) is 0 Å². The summed E-state index contributed by atoms with van der Waals surface area (Å²) < 4.78 is 19.6. The predicted molar refractivity (Wildman–Crippen MR) is 91.8 cm³/mol. The second-order valence-corrected chi connectivity index (χ2v) is 5.58. The number of nitrogens with zero attached hydrogens (tertiary/aromatic N) is 3. The first-order chi connectivity index (χ1) is 12.3. The Morgan fingerprint density at radius 3 is 2.92 bits per heavy atom. The van der Waals surface area contributed by atoms with Crippen LogP contribution < -0.4 is 5.32 Å². The summed E-state index contributed by atoms with van der Waals surface area (Å²) in [6, 6.07) is 1.83. The molecule has 0 aromatic carbocycles. The van der Waals surface area contributed by atoms with Gasteiger partial charge in [-0.2, -0.15) is 10.3 Å². The lowest BCUT2D eigenvalue weighted by atomic mass is 10.1. The van der Waals surface area contributed by atoms with E-state index in [4.69, 9.17) is 10.00 Å². The molecule has 6 heteroatoms. The summed E-state index contributed by atoms with van der Waals surface area (Å²) in [4.78, 5) is 6.78. The molecule has 0 radical (unpaired) electrons. The number of piperazine rings is 1. The fourth-order valence-corrected chi connectivity index (χ4v) is 2.52. The number of nitrogens with one attached hydrogen (secondary N) is 1. The van der Waals surface area contributed by atoms with Crippen LogP contribution in [0.3, 0.4) is 0 Å². The zero-order valence-electron chi connectivity index (χ0n) is 13.7. The Kier molecular flexibility index (Phi) is 5.52.